The van der Waals surface area contributed by atoms with Gasteiger partial charge in [-0.25, -0.2) is 12.5 Å². The molecule has 1 atom stereocenters. The van der Waals surface area contributed by atoms with Gasteiger partial charge in [0.25, 0.3) is 0 Å². The predicted molar refractivity (Wildman–Crippen MR) is 57.2 cm³/mol. The maximum absolute atomic E-state index is 4.20. The van der Waals surface area contributed by atoms with Crippen LogP contribution in [0.5, 0.6) is 0 Å². The minimum Gasteiger partial charge on any atom is -0.232 e. The summed E-state index contributed by atoms with van der Waals surface area (Å²) in [6, 6.07) is 0. The molecule has 58 valence electrons. The molecule has 0 fully saturated rings. The van der Waals surface area contributed by atoms with Crippen LogP contribution < -0.4 is 0 Å². The summed E-state index contributed by atoms with van der Waals surface area (Å²) in [5, 5.41) is 0. The second-order valence-corrected chi connectivity index (χ2v) is 3.56. The molecule has 0 spiro atoms. The van der Waals surface area contributed by atoms with Crippen LogP contribution in [-0.2, 0) is 0 Å². The van der Waals surface area contributed by atoms with Crippen LogP contribution in [0.15, 0.2) is 0 Å². The van der Waals surface area contributed by atoms with Gasteiger partial charge < -0.3 is 0 Å². The van der Waals surface area contributed by atoms with Crippen LogP contribution in [0.3, 0.4) is 0 Å². The Balaban J connectivity index is 2.97. The van der Waals surface area contributed by atoms with E-state index in [0.717, 1.165) is 12.4 Å². The number of hydrogen-bond acceptors (Lipinski definition) is 1. The molecule has 0 aliphatic heterocycles. The van der Waals surface area contributed by atoms with Gasteiger partial charge in [0, 0.05) is 0 Å². The number of unbranched alkanes of at least 4 members (excludes halogenated alkanes) is 1. The predicted octanol–water partition coefficient (Wildman–Crippen LogP) is 2.15. The van der Waals surface area contributed by atoms with Gasteiger partial charge in [0.15, 0.2) is 6.56 Å². The second kappa shape index (κ2) is 7.59. The molecule has 10 heavy (non-hydrogen) atoms. The molecule has 0 nitrogen and oxygen atoms in total. The van der Waals surface area contributed by atoms with Gasteiger partial charge in [0.2, 0.25) is 0 Å². The van der Waals surface area contributed by atoms with E-state index in [-0.39, 0.29) is 0 Å². The normalized spacial score (nSPS) is 12.7. The third-order valence-corrected chi connectivity index (χ3v) is 2.18. The highest BCUT2D eigenvalue weighted by atomic mass is 32.1. The van der Waals surface area contributed by atoms with Crippen LogP contribution in [0.1, 0.15) is 26.7 Å². The third kappa shape index (κ3) is 6.60. The van der Waals surface area contributed by atoms with E-state index in [1.165, 1.54) is 32.8 Å². The minimum atomic E-state index is 0.893. The highest BCUT2D eigenvalue weighted by Crippen LogP contribution is 2.11. The molecule has 0 N–H and O–H groups in total. The Labute approximate surface area is 72.0 Å². The van der Waals surface area contributed by atoms with Gasteiger partial charge in [-0.15, -0.1) is 0 Å². The lowest BCUT2D eigenvalue weighted by molar-refractivity contribution is 0.868. The second-order valence-electron chi connectivity index (χ2n) is 3.11. The van der Waals surface area contributed by atoms with E-state index in [2.05, 4.69) is 26.3 Å². The monoisotopic (exact) mass is 156 g/mol. The molecule has 0 radical (unpaired) electrons. The first-order valence-corrected chi connectivity index (χ1v) is 5.05. The molecule has 0 aliphatic carbocycles. The number of thiol groups is 1. The summed E-state index contributed by atoms with van der Waals surface area (Å²) < 4.78 is 0. The van der Waals surface area contributed by atoms with E-state index in [4.69, 9.17) is 0 Å². The average Bonchev–Trinajstić information content (AvgIpc) is 1.89. The Bertz CT molecular complexity index is 68.6. The maximum atomic E-state index is 4.20. The fraction of sp³-hybridized carbons (Fsp3) is 1.00. The van der Waals surface area contributed by atoms with Crippen LogP contribution in [0.2, 0.25) is 18.5 Å². The summed E-state index contributed by atoms with van der Waals surface area (Å²) in [7, 11) is 1.40. The molecular formula is C7H18B2S. The lowest BCUT2D eigenvalue weighted by atomic mass is 9.58. The first-order valence-electron chi connectivity index (χ1n) is 4.42. The molecule has 0 bridgehead atoms. The number of rotatable bonds is 6. The van der Waals surface area contributed by atoms with E-state index < -0.39 is 0 Å². The van der Waals surface area contributed by atoms with Gasteiger partial charge in [-0.2, -0.15) is 0 Å². The Morgan fingerprint density at radius 1 is 1.50 bits per heavy atom. The fourth-order valence-electron chi connectivity index (χ4n) is 1.11. The summed E-state index contributed by atoms with van der Waals surface area (Å²) in [6.07, 6.45) is 5.43. The summed E-state index contributed by atoms with van der Waals surface area (Å²) in [6.45, 7) is 5.63. The van der Waals surface area contributed by atoms with E-state index >= 15 is 0 Å². The van der Waals surface area contributed by atoms with Crippen molar-refractivity contribution in [3.8, 4) is 0 Å². The SMILES string of the molecule is CCCCBC(C)CBS. The lowest BCUT2D eigenvalue weighted by Crippen LogP contribution is -1.99. The Morgan fingerprint density at radius 2 is 2.20 bits per heavy atom. The first-order chi connectivity index (χ1) is 4.81. The van der Waals surface area contributed by atoms with Gasteiger partial charge in [0.1, 0.15) is 7.28 Å². The topological polar surface area (TPSA) is 0 Å². The summed E-state index contributed by atoms with van der Waals surface area (Å²) in [5.41, 5.74) is 0. The molecule has 0 aromatic heterocycles. The minimum absolute atomic E-state index is 0.893. The molecule has 0 saturated heterocycles. The van der Waals surface area contributed by atoms with Crippen LogP contribution in [0.25, 0.3) is 0 Å². The third-order valence-electron chi connectivity index (χ3n) is 1.92. The zero-order chi connectivity index (χ0) is 7.82. The quantitative estimate of drug-likeness (QED) is 0.340. The van der Waals surface area contributed by atoms with E-state index in [1.54, 1.807) is 0 Å². The highest BCUT2D eigenvalue weighted by molar-refractivity contribution is 8.06. The van der Waals surface area contributed by atoms with Crippen molar-refractivity contribution in [3.63, 3.8) is 0 Å². The van der Waals surface area contributed by atoms with Gasteiger partial charge in [-0.3, -0.25) is 0 Å². The maximum Gasteiger partial charge on any atom is 0.186 e. The van der Waals surface area contributed by atoms with Crippen molar-refractivity contribution < 1.29 is 0 Å². The zero-order valence-electron chi connectivity index (χ0n) is 7.27. The number of hydrogen-bond donors (Lipinski definition) is 1. The highest BCUT2D eigenvalue weighted by Gasteiger charge is 2.01. The standard InChI is InChI=1S/C7H18B2S/c1-3-4-5-8-7(2)6-9-10/h7-10H,3-6H2,1-2H3. The van der Waals surface area contributed by atoms with Crippen LogP contribution in [-0.4, -0.2) is 13.8 Å². The van der Waals surface area contributed by atoms with Crippen LogP contribution in [0.4, 0.5) is 0 Å². The average molecular weight is 156 g/mol. The molecule has 0 aromatic carbocycles. The van der Waals surface area contributed by atoms with E-state index in [1.807, 2.05) is 0 Å². The molecule has 0 amide bonds. The van der Waals surface area contributed by atoms with Crippen molar-refractivity contribution in [2.24, 2.45) is 0 Å². The van der Waals surface area contributed by atoms with E-state index in [0.29, 0.717) is 0 Å². The Hall–Kier alpha value is 0.480. The molecular weight excluding hydrogens is 138 g/mol. The van der Waals surface area contributed by atoms with Gasteiger partial charge in [-0.05, 0) is 0 Å². The van der Waals surface area contributed by atoms with Gasteiger partial charge in [0.05, 0.1) is 0 Å². The summed E-state index contributed by atoms with van der Waals surface area (Å²) in [5.74, 6) is 0.893. The summed E-state index contributed by atoms with van der Waals surface area (Å²) in [4.78, 5) is 0. The molecule has 0 aromatic rings. The van der Waals surface area contributed by atoms with Crippen molar-refractivity contribution in [2.45, 2.75) is 45.1 Å². The fourth-order valence-corrected chi connectivity index (χ4v) is 1.55. The van der Waals surface area contributed by atoms with E-state index in [9.17, 15) is 0 Å². The van der Waals surface area contributed by atoms with Gasteiger partial charge >= 0.3 is 0 Å². The van der Waals surface area contributed by atoms with Crippen molar-refractivity contribution in [1.82, 2.24) is 0 Å². The Kier molecular flexibility index (Phi) is 7.95. The Morgan fingerprint density at radius 3 is 2.70 bits per heavy atom. The van der Waals surface area contributed by atoms with Crippen molar-refractivity contribution in [1.29, 1.82) is 0 Å². The molecule has 0 aliphatic rings. The smallest absolute Gasteiger partial charge is 0.186 e. The molecule has 0 rings (SSSR count). The molecule has 1 unspecified atom stereocenters. The largest absolute Gasteiger partial charge is 0.232 e. The van der Waals surface area contributed by atoms with Gasteiger partial charge in [-0.1, -0.05) is 45.1 Å². The first kappa shape index (κ1) is 10.5. The van der Waals surface area contributed by atoms with Crippen molar-refractivity contribution in [2.75, 3.05) is 0 Å². The van der Waals surface area contributed by atoms with Crippen LogP contribution in [0, 0.1) is 0 Å². The van der Waals surface area contributed by atoms with Crippen molar-refractivity contribution in [3.05, 3.63) is 0 Å². The lowest BCUT2D eigenvalue weighted by Gasteiger charge is -2.05. The molecule has 0 heterocycles. The van der Waals surface area contributed by atoms with Crippen LogP contribution >= 0.6 is 12.5 Å². The summed E-state index contributed by atoms with van der Waals surface area (Å²) >= 11 is 4.20. The molecule has 0 saturated carbocycles. The zero-order valence-corrected chi connectivity index (χ0v) is 8.16. The van der Waals surface area contributed by atoms with Crippen molar-refractivity contribution >= 4 is 26.3 Å². The molecule has 3 heteroatoms.